The Morgan fingerprint density at radius 1 is 1.33 bits per heavy atom. The van der Waals surface area contributed by atoms with Crippen LogP contribution in [-0.4, -0.2) is 13.0 Å². The fraction of sp³-hybridized carbons (Fsp3) is 0.286. The van der Waals surface area contributed by atoms with E-state index in [1.54, 1.807) is 30.5 Å². The molecule has 1 aromatic carbocycles. The van der Waals surface area contributed by atoms with E-state index in [-0.39, 0.29) is 10.9 Å². The first-order valence-corrected chi connectivity index (χ1v) is 8.80. The van der Waals surface area contributed by atoms with Gasteiger partial charge in [-0.15, -0.1) is 0 Å². The number of anilines is 1. The van der Waals surface area contributed by atoms with Gasteiger partial charge in [0.1, 0.15) is 4.90 Å². The molecule has 0 saturated carbocycles. The molecule has 0 fully saturated rings. The monoisotopic (exact) mass is 371 g/mol. The number of rotatable bonds is 5. The Labute approximate surface area is 133 Å². The van der Waals surface area contributed by atoms with Crippen LogP contribution in [0.5, 0.6) is 0 Å². The fourth-order valence-corrected chi connectivity index (χ4v) is 3.55. The highest BCUT2D eigenvalue weighted by atomic mass is 79.9. The number of aromatic nitrogens is 1. The first-order valence-electron chi connectivity index (χ1n) is 6.52. The predicted octanol–water partition coefficient (Wildman–Crippen LogP) is 3.09. The van der Waals surface area contributed by atoms with Gasteiger partial charge in [0.05, 0.1) is 0 Å². The normalized spacial score (nSPS) is 11.9. The summed E-state index contributed by atoms with van der Waals surface area (Å²) in [6.45, 7) is 4.26. The molecule has 2 rings (SSSR count). The highest BCUT2D eigenvalue weighted by molar-refractivity contribution is 9.10. The van der Waals surface area contributed by atoms with E-state index >= 15 is 0 Å². The molecule has 0 aliphatic rings. The summed E-state index contributed by atoms with van der Waals surface area (Å²) in [6, 6.07) is 8.78. The van der Waals surface area contributed by atoms with E-state index in [2.05, 4.69) is 20.7 Å². The Bertz CT molecular complexity index is 738. The van der Waals surface area contributed by atoms with Crippen LogP contribution in [0.25, 0.3) is 0 Å². The Morgan fingerprint density at radius 3 is 2.57 bits per heavy atom. The first kappa shape index (κ1) is 16.1. The fourth-order valence-electron chi connectivity index (χ4n) is 2.05. The second-order valence-electron chi connectivity index (χ2n) is 4.99. The molecule has 0 aliphatic carbocycles. The Hall–Kier alpha value is -1.31. The first-order chi connectivity index (χ1) is 9.83. The van der Waals surface area contributed by atoms with E-state index in [0.29, 0.717) is 12.2 Å². The lowest BCUT2D eigenvalue weighted by atomic mass is 10.3. The van der Waals surface area contributed by atoms with Crippen LogP contribution in [-0.2, 0) is 16.6 Å². The molecule has 1 aromatic heterocycles. The van der Waals surface area contributed by atoms with Gasteiger partial charge in [-0.2, -0.15) is 0 Å². The van der Waals surface area contributed by atoms with Crippen molar-refractivity contribution >= 4 is 31.6 Å². The molecule has 0 amide bonds. The number of nitrogens with zero attached hydrogens (tertiary/aromatic N) is 1. The topological polar surface area (TPSA) is 77.1 Å². The molecule has 0 aliphatic heterocycles. The van der Waals surface area contributed by atoms with Crippen molar-refractivity contribution in [1.29, 1.82) is 0 Å². The van der Waals surface area contributed by atoms with Crippen molar-refractivity contribution in [3.8, 4) is 0 Å². The lowest BCUT2D eigenvalue weighted by Gasteiger charge is -2.10. The molecule has 1 heterocycles. The van der Waals surface area contributed by atoms with Crippen molar-refractivity contribution in [3.63, 3.8) is 0 Å². The number of hydrogen-bond acceptors (Lipinski definition) is 3. The maximum absolute atomic E-state index is 12.4. The van der Waals surface area contributed by atoms with Crippen molar-refractivity contribution in [2.75, 3.05) is 4.72 Å². The minimum atomic E-state index is -3.62. The molecule has 21 heavy (non-hydrogen) atoms. The SMILES string of the molecule is CC(C)n1cc(S(=O)(=O)Nc2cccc(Br)c2)cc1CN. The van der Waals surface area contributed by atoms with Crippen molar-refractivity contribution in [2.45, 2.75) is 31.3 Å². The number of halogens is 1. The lowest BCUT2D eigenvalue weighted by molar-refractivity contribution is 0.573. The molecular formula is C14H18BrN3O2S. The average Bonchev–Trinajstić information content (AvgIpc) is 2.83. The molecule has 3 N–H and O–H groups in total. The standard InChI is InChI=1S/C14H18BrN3O2S/c1-10(2)18-9-14(7-13(18)8-16)21(19,20)17-12-5-3-4-11(15)6-12/h3-7,9-10,17H,8,16H2,1-2H3. The second kappa shape index (κ2) is 6.21. The van der Waals surface area contributed by atoms with E-state index in [4.69, 9.17) is 5.73 Å². The summed E-state index contributed by atoms with van der Waals surface area (Å²) in [6.07, 6.45) is 1.62. The van der Waals surface area contributed by atoms with E-state index < -0.39 is 10.0 Å². The molecule has 0 unspecified atom stereocenters. The molecular weight excluding hydrogens is 354 g/mol. The average molecular weight is 372 g/mol. The zero-order valence-electron chi connectivity index (χ0n) is 11.9. The van der Waals surface area contributed by atoms with Crippen molar-refractivity contribution < 1.29 is 8.42 Å². The van der Waals surface area contributed by atoms with Gasteiger partial charge in [0.15, 0.2) is 0 Å². The van der Waals surface area contributed by atoms with E-state index in [0.717, 1.165) is 10.2 Å². The summed E-state index contributed by atoms with van der Waals surface area (Å²) in [5, 5.41) is 0. The predicted molar refractivity (Wildman–Crippen MR) is 87.7 cm³/mol. The molecule has 0 bridgehead atoms. The maximum Gasteiger partial charge on any atom is 0.263 e. The van der Waals surface area contributed by atoms with Crippen LogP contribution in [0.3, 0.4) is 0 Å². The molecule has 7 heteroatoms. The summed E-state index contributed by atoms with van der Waals surface area (Å²) >= 11 is 3.32. The quantitative estimate of drug-likeness (QED) is 0.847. The Balaban J connectivity index is 2.36. The number of nitrogens with two attached hydrogens (primary N) is 1. The number of hydrogen-bond donors (Lipinski definition) is 2. The maximum atomic E-state index is 12.4. The summed E-state index contributed by atoms with van der Waals surface area (Å²) < 4.78 is 30.1. The van der Waals surface area contributed by atoms with Gasteiger partial charge >= 0.3 is 0 Å². The van der Waals surface area contributed by atoms with Gasteiger partial charge in [0.2, 0.25) is 0 Å². The van der Waals surface area contributed by atoms with Crippen LogP contribution in [0.15, 0.2) is 45.9 Å². The van der Waals surface area contributed by atoms with E-state index in [1.165, 1.54) is 0 Å². The molecule has 0 atom stereocenters. The minimum Gasteiger partial charge on any atom is -0.346 e. The van der Waals surface area contributed by atoms with Gasteiger partial charge in [-0.3, -0.25) is 4.72 Å². The number of nitrogens with one attached hydrogen (secondary N) is 1. The van der Waals surface area contributed by atoms with Crippen LogP contribution >= 0.6 is 15.9 Å². The molecule has 2 aromatic rings. The van der Waals surface area contributed by atoms with Gasteiger partial charge < -0.3 is 10.3 Å². The van der Waals surface area contributed by atoms with Gasteiger partial charge in [0.25, 0.3) is 10.0 Å². The van der Waals surface area contributed by atoms with Crippen LogP contribution in [0.2, 0.25) is 0 Å². The highest BCUT2D eigenvalue weighted by Gasteiger charge is 2.19. The van der Waals surface area contributed by atoms with Crippen molar-refractivity contribution in [1.82, 2.24) is 4.57 Å². The zero-order valence-corrected chi connectivity index (χ0v) is 14.3. The molecule has 0 saturated heterocycles. The summed E-state index contributed by atoms with van der Waals surface area (Å²) in [7, 11) is -3.62. The Morgan fingerprint density at radius 2 is 2.05 bits per heavy atom. The lowest BCUT2D eigenvalue weighted by Crippen LogP contribution is -2.12. The zero-order chi connectivity index (χ0) is 15.6. The molecule has 0 spiro atoms. The summed E-state index contributed by atoms with van der Waals surface area (Å²) in [5.74, 6) is 0. The van der Waals surface area contributed by atoms with E-state index in [1.807, 2.05) is 24.5 Å². The van der Waals surface area contributed by atoms with Crippen LogP contribution in [0.4, 0.5) is 5.69 Å². The Kier molecular flexibility index (Phi) is 4.75. The van der Waals surface area contributed by atoms with Crippen LogP contribution in [0, 0.1) is 0 Å². The molecule has 0 radical (unpaired) electrons. The van der Waals surface area contributed by atoms with Gasteiger partial charge in [-0.1, -0.05) is 22.0 Å². The third-order valence-electron chi connectivity index (χ3n) is 3.06. The minimum absolute atomic E-state index is 0.151. The number of benzene rings is 1. The third kappa shape index (κ3) is 3.66. The van der Waals surface area contributed by atoms with Crippen LogP contribution in [0.1, 0.15) is 25.6 Å². The van der Waals surface area contributed by atoms with Crippen molar-refractivity contribution in [3.05, 3.63) is 46.7 Å². The molecule has 114 valence electrons. The van der Waals surface area contributed by atoms with E-state index in [9.17, 15) is 8.42 Å². The van der Waals surface area contributed by atoms with Crippen LogP contribution < -0.4 is 10.5 Å². The second-order valence-corrected chi connectivity index (χ2v) is 7.59. The molecule has 5 nitrogen and oxygen atoms in total. The summed E-state index contributed by atoms with van der Waals surface area (Å²) in [4.78, 5) is 0.219. The van der Waals surface area contributed by atoms with Crippen molar-refractivity contribution in [2.24, 2.45) is 5.73 Å². The van der Waals surface area contributed by atoms with Gasteiger partial charge in [-0.05, 0) is 38.1 Å². The smallest absolute Gasteiger partial charge is 0.263 e. The number of sulfonamides is 1. The highest BCUT2D eigenvalue weighted by Crippen LogP contribution is 2.23. The van der Waals surface area contributed by atoms with Gasteiger partial charge in [0, 0.05) is 34.6 Å². The van der Waals surface area contributed by atoms with Gasteiger partial charge in [-0.25, -0.2) is 8.42 Å². The third-order valence-corrected chi connectivity index (χ3v) is 4.90. The summed E-state index contributed by atoms with van der Waals surface area (Å²) in [5.41, 5.74) is 6.98. The largest absolute Gasteiger partial charge is 0.346 e.